The maximum absolute atomic E-state index is 11.5. The van der Waals surface area contributed by atoms with Gasteiger partial charge in [0.15, 0.2) is 5.82 Å². The lowest BCUT2D eigenvalue weighted by molar-refractivity contribution is -0.125. The Morgan fingerprint density at radius 1 is 1.53 bits per heavy atom. The second kappa shape index (κ2) is 4.75. The molecule has 0 aromatic carbocycles. The number of nitrogen functional groups attached to an aromatic ring is 1. The highest BCUT2D eigenvalue weighted by Gasteiger charge is 2.40. The molecule has 0 radical (unpaired) electrons. The second-order valence-corrected chi connectivity index (χ2v) is 5.64. The van der Waals surface area contributed by atoms with Gasteiger partial charge in [-0.05, 0) is 26.7 Å². The van der Waals surface area contributed by atoms with Crippen molar-refractivity contribution in [2.45, 2.75) is 40.2 Å². The smallest absolute Gasteiger partial charge is 0.225 e. The van der Waals surface area contributed by atoms with E-state index in [2.05, 4.69) is 16.9 Å². The zero-order valence-corrected chi connectivity index (χ0v) is 11.9. The van der Waals surface area contributed by atoms with Crippen molar-refractivity contribution in [1.82, 2.24) is 9.78 Å². The SMILES string of the molecule is CCCn1nc(C)c(N)c1N1CCC(C)(C(N)=O)C1. The summed E-state index contributed by atoms with van der Waals surface area (Å²) < 4.78 is 1.94. The van der Waals surface area contributed by atoms with Crippen LogP contribution in [0.3, 0.4) is 0 Å². The molecule has 0 spiro atoms. The van der Waals surface area contributed by atoms with E-state index in [-0.39, 0.29) is 5.91 Å². The van der Waals surface area contributed by atoms with Crippen LogP contribution >= 0.6 is 0 Å². The number of rotatable bonds is 4. The van der Waals surface area contributed by atoms with E-state index in [0.29, 0.717) is 12.2 Å². The highest BCUT2D eigenvalue weighted by Crippen LogP contribution is 2.36. The van der Waals surface area contributed by atoms with E-state index >= 15 is 0 Å². The van der Waals surface area contributed by atoms with E-state index in [4.69, 9.17) is 11.5 Å². The van der Waals surface area contributed by atoms with Crippen molar-refractivity contribution in [1.29, 1.82) is 0 Å². The molecule has 1 aliphatic rings. The molecule has 0 aliphatic carbocycles. The van der Waals surface area contributed by atoms with Gasteiger partial charge < -0.3 is 16.4 Å². The van der Waals surface area contributed by atoms with E-state index in [1.165, 1.54) is 0 Å². The van der Waals surface area contributed by atoms with Gasteiger partial charge >= 0.3 is 0 Å². The Bertz CT molecular complexity index is 495. The average molecular weight is 265 g/mol. The molecule has 2 heterocycles. The summed E-state index contributed by atoms with van der Waals surface area (Å²) in [5.74, 6) is 0.691. The summed E-state index contributed by atoms with van der Waals surface area (Å²) in [6.45, 7) is 8.17. The van der Waals surface area contributed by atoms with Crippen LogP contribution in [0.1, 0.15) is 32.4 Å². The molecule has 1 amide bonds. The van der Waals surface area contributed by atoms with Gasteiger partial charge in [0, 0.05) is 19.6 Å². The van der Waals surface area contributed by atoms with E-state index in [1.807, 2.05) is 18.5 Å². The fourth-order valence-corrected chi connectivity index (χ4v) is 2.63. The molecule has 4 N–H and O–H groups in total. The number of carbonyl (C=O) groups is 1. The Morgan fingerprint density at radius 2 is 2.21 bits per heavy atom. The van der Waals surface area contributed by atoms with E-state index in [1.54, 1.807) is 0 Å². The summed E-state index contributed by atoms with van der Waals surface area (Å²) in [5.41, 5.74) is 12.7. The molecule has 19 heavy (non-hydrogen) atoms. The monoisotopic (exact) mass is 265 g/mol. The maximum Gasteiger partial charge on any atom is 0.225 e. The van der Waals surface area contributed by atoms with Crippen molar-refractivity contribution in [3.8, 4) is 0 Å². The first-order valence-electron chi connectivity index (χ1n) is 6.77. The van der Waals surface area contributed by atoms with Gasteiger partial charge in [-0.2, -0.15) is 5.10 Å². The lowest BCUT2D eigenvalue weighted by atomic mass is 9.89. The molecular formula is C13H23N5O. The lowest BCUT2D eigenvalue weighted by Crippen LogP contribution is -2.37. The number of primary amides is 1. The van der Waals surface area contributed by atoms with Gasteiger partial charge in [-0.1, -0.05) is 6.92 Å². The number of aryl methyl sites for hydroxylation is 2. The van der Waals surface area contributed by atoms with E-state index < -0.39 is 5.41 Å². The normalized spacial score (nSPS) is 23.0. The van der Waals surface area contributed by atoms with Crippen molar-refractivity contribution < 1.29 is 4.79 Å². The van der Waals surface area contributed by atoms with Crippen molar-refractivity contribution >= 4 is 17.4 Å². The Morgan fingerprint density at radius 3 is 2.74 bits per heavy atom. The molecule has 1 saturated heterocycles. The van der Waals surface area contributed by atoms with Crippen LogP contribution in [-0.4, -0.2) is 28.8 Å². The molecule has 1 fully saturated rings. The third-order valence-corrected chi connectivity index (χ3v) is 3.95. The van der Waals surface area contributed by atoms with Crippen molar-refractivity contribution in [3.05, 3.63) is 5.69 Å². The van der Waals surface area contributed by atoms with Gasteiger partial charge in [0.1, 0.15) is 0 Å². The Labute approximate surface area is 113 Å². The summed E-state index contributed by atoms with van der Waals surface area (Å²) in [4.78, 5) is 13.7. The molecule has 6 heteroatoms. The second-order valence-electron chi connectivity index (χ2n) is 5.64. The summed E-state index contributed by atoms with van der Waals surface area (Å²) in [7, 11) is 0. The van der Waals surface area contributed by atoms with Crippen LogP contribution in [0.4, 0.5) is 11.5 Å². The molecule has 1 aliphatic heterocycles. The van der Waals surface area contributed by atoms with E-state index in [9.17, 15) is 4.79 Å². The van der Waals surface area contributed by atoms with Crippen molar-refractivity contribution in [2.75, 3.05) is 23.7 Å². The summed E-state index contributed by atoms with van der Waals surface area (Å²) >= 11 is 0. The standard InChI is InChI=1S/C13H23N5O/c1-4-6-18-11(10(14)9(2)16-18)17-7-5-13(3,8-17)12(15)19/h4-8,14H2,1-3H3,(H2,15,19). The molecule has 1 aromatic rings. The van der Waals surface area contributed by atoms with Crippen LogP contribution in [0.25, 0.3) is 0 Å². The van der Waals surface area contributed by atoms with Crippen molar-refractivity contribution in [3.63, 3.8) is 0 Å². The van der Waals surface area contributed by atoms with Crippen LogP contribution in [0, 0.1) is 12.3 Å². The first-order valence-corrected chi connectivity index (χ1v) is 6.77. The zero-order valence-electron chi connectivity index (χ0n) is 11.9. The Balaban J connectivity index is 2.31. The first-order chi connectivity index (χ1) is 8.89. The van der Waals surface area contributed by atoms with Crippen molar-refractivity contribution in [2.24, 2.45) is 11.1 Å². The average Bonchev–Trinajstić information content (AvgIpc) is 2.84. The molecule has 1 atom stereocenters. The third-order valence-electron chi connectivity index (χ3n) is 3.95. The number of hydrogen-bond donors (Lipinski definition) is 2. The minimum atomic E-state index is -0.471. The van der Waals surface area contributed by atoms with Gasteiger partial charge in [0.25, 0.3) is 0 Å². The van der Waals surface area contributed by atoms with Gasteiger partial charge in [0.05, 0.1) is 16.8 Å². The summed E-state index contributed by atoms with van der Waals surface area (Å²) in [6.07, 6.45) is 1.76. The predicted octanol–water partition coefficient (Wildman–Crippen LogP) is 0.885. The van der Waals surface area contributed by atoms with Gasteiger partial charge in [-0.25, -0.2) is 4.68 Å². The van der Waals surface area contributed by atoms with Crippen LogP contribution in [0.5, 0.6) is 0 Å². The molecule has 1 unspecified atom stereocenters. The molecule has 1 aromatic heterocycles. The van der Waals surface area contributed by atoms with Crippen LogP contribution < -0.4 is 16.4 Å². The number of nitrogens with zero attached hydrogens (tertiary/aromatic N) is 3. The Hall–Kier alpha value is -1.72. The van der Waals surface area contributed by atoms with Gasteiger partial charge in [-0.3, -0.25) is 4.79 Å². The minimum absolute atomic E-state index is 0.244. The molecule has 2 rings (SSSR count). The molecule has 6 nitrogen and oxygen atoms in total. The topological polar surface area (TPSA) is 90.2 Å². The quantitative estimate of drug-likeness (QED) is 0.845. The van der Waals surface area contributed by atoms with Crippen LogP contribution in [-0.2, 0) is 11.3 Å². The third kappa shape index (κ3) is 2.27. The minimum Gasteiger partial charge on any atom is -0.394 e. The number of carbonyl (C=O) groups excluding carboxylic acids is 1. The maximum atomic E-state index is 11.5. The lowest BCUT2D eigenvalue weighted by Gasteiger charge is -2.23. The largest absolute Gasteiger partial charge is 0.394 e. The molecule has 106 valence electrons. The fourth-order valence-electron chi connectivity index (χ4n) is 2.63. The van der Waals surface area contributed by atoms with Gasteiger partial charge in [0.2, 0.25) is 5.91 Å². The highest BCUT2D eigenvalue weighted by molar-refractivity contribution is 5.82. The van der Waals surface area contributed by atoms with Gasteiger partial charge in [-0.15, -0.1) is 0 Å². The number of aromatic nitrogens is 2. The number of anilines is 2. The molecule has 0 bridgehead atoms. The first kappa shape index (κ1) is 13.7. The van der Waals surface area contributed by atoms with E-state index in [0.717, 1.165) is 37.4 Å². The zero-order chi connectivity index (χ0) is 14.2. The molecule has 0 saturated carbocycles. The summed E-state index contributed by atoms with van der Waals surface area (Å²) in [5, 5.41) is 4.47. The fraction of sp³-hybridized carbons (Fsp3) is 0.692. The highest BCUT2D eigenvalue weighted by atomic mass is 16.1. The number of hydrogen-bond acceptors (Lipinski definition) is 4. The predicted molar refractivity (Wildman–Crippen MR) is 75.8 cm³/mol. The summed E-state index contributed by atoms with van der Waals surface area (Å²) in [6, 6.07) is 0. The number of nitrogens with two attached hydrogens (primary N) is 2. The van der Waals surface area contributed by atoms with Crippen LogP contribution in [0.2, 0.25) is 0 Å². The molecular weight excluding hydrogens is 242 g/mol. The Kier molecular flexibility index (Phi) is 3.43. The van der Waals surface area contributed by atoms with Crippen LogP contribution in [0.15, 0.2) is 0 Å². The number of amides is 1.